The largest absolute Gasteiger partial charge is 0.461 e. The molecule has 1 atom stereocenters. The van der Waals surface area contributed by atoms with Gasteiger partial charge in [-0.05, 0) is 24.2 Å². The van der Waals surface area contributed by atoms with E-state index in [1.807, 2.05) is 30.3 Å². The van der Waals surface area contributed by atoms with Crippen LogP contribution in [0.4, 0.5) is 4.79 Å². The fraction of sp³-hybridized carbons (Fsp3) is 0.412. The van der Waals surface area contributed by atoms with Crippen LogP contribution in [-0.2, 0) is 35.2 Å². The van der Waals surface area contributed by atoms with E-state index in [1.54, 1.807) is 0 Å². The quantitative estimate of drug-likeness (QED) is 0.485. The van der Waals surface area contributed by atoms with Gasteiger partial charge in [0.05, 0.1) is 11.7 Å². The summed E-state index contributed by atoms with van der Waals surface area (Å²) < 4.78 is 14.2. The lowest BCUT2D eigenvalue weighted by atomic mass is 10.2. The third-order valence-corrected chi connectivity index (χ3v) is 3.91. The first kappa shape index (κ1) is 20.7. The van der Waals surface area contributed by atoms with Crippen molar-refractivity contribution < 1.29 is 33.4 Å². The van der Waals surface area contributed by atoms with Crippen molar-refractivity contribution in [1.29, 1.82) is 0 Å². The molecule has 0 saturated heterocycles. The zero-order valence-corrected chi connectivity index (χ0v) is 14.9. The molecule has 0 spiro atoms. The van der Waals surface area contributed by atoms with E-state index in [1.165, 1.54) is 13.8 Å². The van der Waals surface area contributed by atoms with Gasteiger partial charge in [0, 0.05) is 13.3 Å². The Morgan fingerprint density at radius 1 is 1.00 bits per heavy atom. The molecule has 0 aliphatic rings. The highest BCUT2D eigenvalue weighted by Gasteiger charge is 2.20. The Hall–Kier alpha value is -2.35. The molecule has 0 amide bonds. The lowest BCUT2D eigenvalue weighted by molar-refractivity contribution is -0.148. The molecular weight excluding hydrogens is 348 g/mol. The first-order chi connectivity index (χ1) is 11.9. The Morgan fingerprint density at radius 2 is 1.68 bits per heavy atom. The van der Waals surface area contributed by atoms with E-state index in [4.69, 9.17) is 4.74 Å². The van der Waals surface area contributed by atoms with Crippen molar-refractivity contribution in [3.05, 3.63) is 35.9 Å². The molecule has 136 valence electrons. The molecule has 1 aromatic carbocycles. The highest BCUT2D eigenvalue weighted by molar-refractivity contribution is 8.14. The van der Waals surface area contributed by atoms with Crippen LogP contribution in [0.25, 0.3) is 0 Å². The summed E-state index contributed by atoms with van der Waals surface area (Å²) in [5.74, 6) is -1.33. The van der Waals surface area contributed by atoms with Crippen LogP contribution in [0.3, 0.4) is 0 Å². The van der Waals surface area contributed by atoms with Crippen LogP contribution in [0.15, 0.2) is 30.3 Å². The Balaban J connectivity index is 2.22. The van der Waals surface area contributed by atoms with Gasteiger partial charge in [0.15, 0.2) is 0 Å². The molecule has 1 unspecified atom stereocenters. The van der Waals surface area contributed by atoms with Crippen molar-refractivity contribution in [3.8, 4) is 0 Å². The Bertz CT molecular complexity index is 600. The zero-order chi connectivity index (χ0) is 18.7. The maximum Gasteiger partial charge on any atom is 0.370 e. The standard InChI is InChI=1S/C17H20O7S/c1-12(25-17(21)24-11-23-13(2)18)15(19)8-9-16(20)22-10-14-6-4-3-5-7-14/h3-7,12H,8-11H2,1-2H3. The van der Waals surface area contributed by atoms with Gasteiger partial charge in [-0.1, -0.05) is 30.3 Å². The second-order valence-corrected chi connectivity index (χ2v) is 6.30. The summed E-state index contributed by atoms with van der Waals surface area (Å²) in [7, 11) is 0. The molecular formula is C17H20O7S. The third-order valence-electron chi connectivity index (χ3n) is 2.98. The Morgan fingerprint density at radius 3 is 2.32 bits per heavy atom. The molecule has 1 aromatic rings. The van der Waals surface area contributed by atoms with Crippen LogP contribution in [0.5, 0.6) is 0 Å². The average molecular weight is 368 g/mol. The van der Waals surface area contributed by atoms with Crippen LogP contribution < -0.4 is 0 Å². The lowest BCUT2D eigenvalue weighted by Crippen LogP contribution is -2.18. The van der Waals surface area contributed by atoms with Crippen molar-refractivity contribution in [2.45, 2.75) is 38.5 Å². The summed E-state index contributed by atoms with van der Waals surface area (Å²) in [6, 6.07) is 9.20. The molecule has 25 heavy (non-hydrogen) atoms. The first-order valence-electron chi connectivity index (χ1n) is 7.57. The van der Waals surface area contributed by atoms with Crippen LogP contribution in [0.1, 0.15) is 32.3 Å². The van der Waals surface area contributed by atoms with Gasteiger partial charge < -0.3 is 14.2 Å². The zero-order valence-electron chi connectivity index (χ0n) is 14.1. The van der Waals surface area contributed by atoms with Gasteiger partial charge in [0.25, 0.3) is 0 Å². The molecule has 0 N–H and O–H groups in total. The summed E-state index contributed by atoms with van der Waals surface area (Å²) in [5, 5.41) is -1.40. The van der Waals surface area contributed by atoms with Gasteiger partial charge in [0.1, 0.15) is 12.4 Å². The fourth-order valence-corrected chi connectivity index (χ4v) is 2.30. The minimum absolute atomic E-state index is 0.0288. The molecule has 1 rings (SSSR count). The van der Waals surface area contributed by atoms with Gasteiger partial charge in [-0.3, -0.25) is 14.4 Å². The highest BCUT2D eigenvalue weighted by Crippen LogP contribution is 2.17. The predicted octanol–water partition coefficient (Wildman–Crippen LogP) is 2.86. The van der Waals surface area contributed by atoms with E-state index in [2.05, 4.69) is 9.47 Å². The number of thioether (sulfide) groups is 1. The molecule has 0 aromatic heterocycles. The number of carbonyl (C=O) groups excluding carboxylic acids is 4. The van der Waals surface area contributed by atoms with Crippen LogP contribution >= 0.6 is 11.8 Å². The minimum Gasteiger partial charge on any atom is -0.461 e. The molecule has 0 aliphatic heterocycles. The topological polar surface area (TPSA) is 96.0 Å². The third kappa shape index (κ3) is 9.51. The number of esters is 2. The second-order valence-electron chi connectivity index (χ2n) is 5.02. The van der Waals surface area contributed by atoms with E-state index in [9.17, 15) is 19.2 Å². The second kappa shape index (κ2) is 11.2. The molecule has 7 nitrogen and oxygen atoms in total. The average Bonchev–Trinajstić information content (AvgIpc) is 2.58. The van der Waals surface area contributed by atoms with Crippen molar-refractivity contribution in [2.75, 3.05) is 6.79 Å². The number of hydrogen-bond acceptors (Lipinski definition) is 8. The normalized spacial score (nSPS) is 11.3. The van der Waals surface area contributed by atoms with Crippen LogP contribution in [0, 0.1) is 0 Å². The SMILES string of the molecule is CC(=O)OCOC(=O)SC(C)C(=O)CCC(=O)OCc1ccccc1. The van der Waals surface area contributed by atoms with Gasteiger partial charge in [-0.15, -0.1) is 0 Å². The van der Waals surface area contributed by atoms with Gasteiger partial charge in [-0.2, -0.15) is 0 Å². The number of ketones is 1. The predicted molar refractivity (Wildman–Crippen MR) is 90.6 cm³/mol. The van der Waals surface area contributed by atoms with Gasteiger partial charge in [0.2, 0.25) is 6.79 Å². The number of ether oxygens (including phenoxy) is 3. The van der Waals surface area contributed by atoms with Crippen molar-refractivity contribution in [2.24, 2.45) is 0 Å². The lowest BCUT2D eigenvalue weighted by Gasteiger charge is -2.10. The minimum atomic E-state index is -0.728. The molecule has 0 radical (unpaired) electrons. The first-order valence-corrected chi connectivity index (χ1v) is 8.45. The number of carbonyl (C=O) groups is 4. The summed E-state index contributed by atoms with van der Waals surface area (Å²) >= 11 is 0.667. The molecule has 0 aliphatic carbocycles. The molecule has 8 heteroatoms. The van der Waals surface area contributed by atoms with Crippen molar-refractivity contribution in [1.82, 2.24) is 0 Å². The molecule has 0 bridgehead atoms. The molecule has 0 fully saturated rings. The monoisotopic (exact) mass is 368 g/mol. The van der Waals surface area contributed by atoms with Crippen molar-refractivity contribution in [3.63, 3.8) is 0 Å². The van der Waals surface area contributed by atoms with E-state index < -0.39 is 29.3 Å². The number of hydrogen-bond donors (Lipinski definition) is 0. The Kier molecular flexibility index (Phi) is 9.31. The van der Waals surface area contributed by atoms with Crippen LogP contribution in [0.2, 0.25) is 0 Å². The summed E-state index contributed by atoms with van der Waals surface area (Å²) in [4.78, 5) is 45.5. The van der Waals surface area contributed by atoms with E-state index in [-0.39, 0.29) is 25.2 Å². The Labute approximate surface area is 150 Å². The molecule has 0 heterocycles. The number of rotatable bonds is 9. The van der Waals surface area contributed by atoms with Crippen LogP contribution in [-0.4, -0.2) is 35.1 Å². The summed E-state index contributed by atoms with van der Waals surface area (Å²) in [6.07, 6.45) is -0.0852. The van der Waals surface area contributed by atoms with E-state index in [0.29, 0.717) is 11.8 Å². The smallest absolute Gasteiger partial charge is 0.370 e. The maximum atomic E-state index is 11.9. The fourth-order valence-electron chi connectivity index (χ4n) is 1.64. The number of benzene rings is 1. The summed E-state index contributed by atoms with van der Waals surface area (Å²) in [5.41, 5.74) is 0.863. The van der Waals surface area contributed by atoms with Gasteiger partial charge in [-0.25, -0.2) is 4.79 Å². The van der Waals surface area contributed by atoms with E-state index >= 15 is 0 Å². The van der Waals surface area contributed by atoms with E-state index in [0.717, 1.165) is 5.56 Å². The van der Waals surface area contributed by atoms with Gasteiger partial charge >= 0.3 is 17.2 Å². The highest BCUT2D eigenvalue weighted by atomic mass is 32.2. The molecule has 0 saturated carbocycles. The summed E-state index contributed by atoms with van der Waals surface area (Å²) in [6.45, 7) is 2.38. The number of Topliss-reactive ketones (excluding diaryl/α,β-unsaturated/α-hetero) is 1. The van der Waals surface area contributed by atoms with Crippen molar-refractivity contribution >= 4 is 34.8 Å². The maximum absolute atomic E-state index is 11.9.